The highest BCUT2D eigenvalue weighted by Gasteiger charge is 2.09. The second kappa shape index (κ2) is 12.1. The highest BCUT2D eigenvalue weighted by Crippen LogP contribution is 2.20. The van der Waals surface area contributed by atoms with E-state index in [9.17, 15) is 13.6 Å². The summed E-state index contributed by atoms with van der Waals surface area (Å²) in [5.41, 5.74) is 0.555. The highest BCUT2D eigenvalue weighted by molar-refractivity contribution is 5.81. The van der Waals surface area contributed by atoms with Crippen molar-refractivity contribution in [1.29, 1.82) is 0 Å². The first-order valence-corrected chi connectivity index (χ1v) is 8.80. The number of para-hydroxylation sites is 1. The molecule has 1 atom stereocenters. The molecule has 0 bridgehead atoms. The van der Waals surface area contributed by atoms with Crippen LogP contribution in [0.5, 0.6) is 5.75 Å². The van der Waals surface area contributed by atoms with E-state index in [-0.39, 0.29) is 24.2 Å². The Morgan fingerprint density at radius 3 is 2.62 bits per heavy atom. The van der Waals surface area contributed by atoms with Crippen LogP contribution in [-0.4, -0.2) is 37.6 Å². The Morgan fingerprint density at radius 1 is 1.23 bits per heavy atom. The SMILES string of the molecule is CCNC(=NCc1ccccc1OC(F)F)NCCC(=O)NC(C)CC. The topological polar surface area (TPSA) is 74.8 Å². The van der Waals surface area contributed by atoms with E-state index in [0.29, 0.717) is 31.0 Å². The van der Waals surface area contributed by atoms with Crippen LogP contribution >= 0.6 is 0 Å². The zero-order valence-electron chi connectivity index (χ0n) is 15.5. The number of hydrogen-bond acceptors (Lipinski definition) is 3. The van der Waals surface area contributed by atoms with Crippen molar-refractivity contribution in [3.8, 4) is 5.75 Å². The smallest absolute Gasteiger partial charge is 0.387 e. The lowest BCUT2D eigenvalue weighted by Gasteiger charge is -2.14. The van der Waals surface area contributed by atoms with Crippen molar-refractivity contribution in [3.63, 3.8) is 0 Å². The molecule has 0 aromatic heterocycles. The summed E-state index contributed by atoms with van der Waals surface area (Å²) in [5.74, 6) is 0.587. The van der Waals surface area contributed by atoms with E-state index in [2.05, 4.69) is 25.7 Å². The van der Waals surface area contributed by atoms with E-state index in [1.54, 1.807) is 18.2 Å². The van der Waals surface area contributed by atoms with E-state index >= 15 is 0 Å². The summed E-state index contributed by atoms with van der Waals surface area (Å²) in [6.45, 7) is 4.24. The molecule has 1 unspecified atom stereocenters. The summed E-state index contributed by atoms with van der Waals surface area (Å²) in [7, 11) is 0. The molecule has 0 radical (unpaired) electrons. The fourth-order valence-corrected chi connectivity index (χ4v) is 2.09. The lowest BCUT2D eigenvalue weighted by Crippen LogP contribution is -2.40. The Morgan fingerprint density at radius 2 is 1.96 bits per heavy atom. The van der Waals surface area contributed by atoms with Gasteiger partial charge in [0.05, 0.1) is 6.54 Å². The largest absolute Gasteiger partial charge is 0.434 e. The van der Waals surface area contributed by atoms with Crippen molar-refractivity contribution >= 4 is 11.9 Å². The molecule has 0 heterocycles. The average Bonchev–Trinajstić information content (AvgIpc) is 2.60. The number of ether oxygens (including phenoxy) is 1. The number of aliphatic imine (C=N–C) groups is 1. The monoisotopic (exact) mass is 370 g/mol. The number of nitrogens with zero attached hydrogens (tertiary/aromatic N) is 1. The predicted octanol–water partition coefficient (Wildman–Crippen LogP) is 2.65. The molecular weight excluding hydrogens is 342 g/mol. The number of guanidine groups is 1. The Kier molecular flexibility index (Phi) is 10.0. The second-order valence-electron chi connectivity index (χ2n) is 5.73. The van der Waals surface area contributed by atoms with Crippen LogP contribution in [0.3, 0.4) is 0 Å². The molecule has 6 nitrogen and oxygen atoms in total. The number of nitrogens with one attached hydrogen (secondary N) is 3. The quantitative estimate of drug-likeness (QED) is 0.437. The summed E-state index contributed by atoms with van der Waals surface area (Å²) in [6.07, 6.45) is 1.20. The van der Waals surface area contributed by atoms with Gasteiger partial charge in [-0.25, -0.2) is 4.99 Å². The second-order valence-corrected chi connectivity index (χ2v) is 5.73. The van der Waals surface area contributed by atoms with Crippen molar-refractivity contribution in [3.05, 3.63) is 29.8 Å². The summed E-state index contributed by atoms with van der Waals surface area (Å²) in [5, 5.41) is 9.01. The molecule has 0 spiro atoms. The lowest BCUT2D eigenvalue weighted by atomic mass is 10.2. The standard InChI is InChI=1S/C18H28F2N4O2/c1-4-13(3)24-16(25)10-11-22-18(21-5-2)23-12-14-8-6-7-9-15(14)26-17(19)20/h6-9,13,17H,4-5,10-12H2,1-3H3,(H,24,25)(H2,21,22,23). The number of hydrogen-bond donors (Lipinski definition) is 3. The molecule has 26 heavy (non-hydrogen) atoms. The van der Waals surface area contributed by atoms with E-state index in [4.69, 9.17) is 0 Å². The van der Waals surface area contributed by atoms with Gasteiger partial charge in [-0.3, -0.25) is 4.79 Å². The van der Waals surface area contributed by atoms with Gasteiger partial charge in [-0.05, 0) is 26.3 Å². The molecule has 0 aliphatic heterocycles. The Labute approximate surface area is 153 Å². The molecule has 3 N–H and O–H groups in total. The van der Waals surface area contributed by atoms with Crippen molar-refractivity contribution in [2.24, 2.45) is 4.99 Å². The third-order valence-corrected chi connectivity index (χ3v) is 3.60. The van der Waals surface area contributed by atoms with Crippen LogP contribution < -0.4 is 20.7 Å². The van der Waals surface area contributed by atoms with Gasteiger partial charge < -0.3 is 20.7 Å². The fraction of sp³-hybridized carbons (Fsp3) is 0.556. The fourth-order valence-electron chi connectivity index (χ4n) is 2.09. The Balaban J connectivity index is 2.60. The predicted molar refractivity (Wildman–Crippen MR) is 98.4 cm³/mol. The maximum atomic E-state index is 12.5. The van der Waals surface area contributed by atoms with Crippen LogP contribution in [0, 0.1) is 0 Å². The number of benzene rings is 1. The van der Waals surface area contributed by atoms with Crippen LogP contribution in [0.15, 0.2) is 29.3 Å². The van der Waals surface area contributed by atoms with Gasteiger partial charge in [-0.15, -0.1) is 0 Å². The Hall–Kier alpha value is -2.38. The summed E-state index contributed by atoms with van der Waals surface area (Å²) in [6, 6.07) is 6.68. The van der Waals surface area contributed by atoms with E-state index < -0.39 is 6.61 Å². The molecule has 1 aromatic carbocycles. The third kappa shape index (κ3) is 8.64. The first kappa shape index (κ1) is 21.7. The van der Waals surface area contributed by atoms with Crippen molar-refractivity contribution in [1.82, 2.24) is 16.0 Å². The van der Waals surface area contributed by atoms with Crippen LogP contribution in [0.1, 0.15) is 39.2 Å². The molecule has 146 valence electrons. The van der Waals surface area contributed by atoms with Gasteiger partial charge in [0.1, 0.15) is 5.75 Å². The van der Waals surface area contributed by atoms with Gasteiger partial charge in [-0.1, -0.05) is 25.1 Å². The molecule has 1 amide bonds. The molecule has 0 aliphatic rings. The van der Waals surface area contributed by atoms with E-state index in [0.717, 1.165) is 6.42 Å². The normalized spacial score (nSPS) is 12.6. The molecule has 1 rings (SSSR count). The van der Waals surface area contributed by atoms with Crippen LogP contribution in [0.4, 0.5) is 8.78 Å². The van der Waals surface area contributed by atoms with Gasteiger partial charge in [-0.2, -0.15) is 8.78 Å². The maximum Gasteiger partial charge on any atom is 0.387 e. The molecule has 1 aromatic rings. The minimum absolute atomic E-state index is 0.0293. The third-order valence-electron chi connectivity index (χ3n) is 3.60. The molecular formula is C18H28F2N4O2. The molecule has 0 aliphatic carbocycles. The number of amides is 1. The van der Waals surface area contributed by atoms with Gasteiger partial charge in [0.15, 0.2) is 5.96 Å². The van der Waals surface area contributed by atoms with Gasteiger partial charge in [0, 0.05) is 31.1 Å². The molecule has 0 fully saturated rings. The van der Waals surface area contributed by atoms with Crippen molar-refractivity contribution in [2.45, 2.75) is 52.8 Å². The number of carbonyl (C=O) groups is 1. The number of rotatable bonds is 10. The van der Waals surface area contributed by atoms with Crippen LogP contribution in [0.2, 0.25) is 0 Å². The molecule has 8 heteroatoms. The zero-order chi connectivity index (χ0) is 19.4. The van der Waals surface area contributed by atoms with Crippen LogP contribution in [0.25, 0.3) is 0 Å². The molecule has 0 saturated carbocycles. The van der Waals surface area contributed by atoms with E-state index in [1.165, 1.54) is 6.07 Å². The summed E-state index contributed by atoms with van der Waals surface area (Å²) in [4.78, 5) is 16.1. The number of halogens is 2. The Bertz CT molecular complexity index is 582. The lowest BCUT2D eigenvalue weighted by molar-refractivity contribution is -0.121. The van der Waals surface area contributed by atoms with Crippen molar-refractivity contribution < 1.29 is 18.3 Å². The average molecular weight is 370 g/mol. The summed E-state index contributed by atoms with van der Waals surface area (Å²) >= 11 is 0. The first-order chi connectivity index (χ1) is 12.5. The van der Waals surface area contributed by atoms with E-state index in [1.807, 2.05) is 20.8 Å². The van der Waals surface area contributed by atoms with Gasteiger partial charge >= 0.3 is 6.61 Å². The molecule has 0 saturated heterocycles. The summed E-state index contributed by atoms with van der Waals surface area (Å²) < 4.78 is 29.4. The minimum atomic E-state index is -2.88. The van der Waals surface area contributed by atoms with Crippen molar-refractivity contribution in [2.75, 3.05) is 13.1 Å². The van der Waals surface area contributed by atoms with Gasteiger partial charge in [0.2, 0.25) is 5.91 Å². The van der Waals surface area contributed by atoms with Gasteiger partial charge in [0.25, 0.3) is 0 Å². The highest BCUT2D eigenvalue weighted by atomic mass is 19.3. The van der Waals surface area contributed by atoms with Crippen LogP contribution in [-0.2, 0) is 11.3 Å². The number of carbonyl (C=O) groups excluding carboxylic acids is 1. The maximum absolute atomic E-state index is 12.5. The minimum Gasteiger partial charge on any atom is -0.434 e. The number of alkyl halides is 2. The zero-order valence-corrected chi connectivity index (χ0v) is 15.5. The first-order valence-electron chi connectivity index (χ1n) is 8.80.